The maximum absolute atomic E-state index is 11.9. The molecule has 0 aromatic carbocycles. The molecule has 1 aromatic rings. The van der Waals surface area contributed by atoms with Crippen molar-refractivity contribution in [1.29, 1.82) is 0 Å². The summed E-state index contributed by atoms with van der Waals surface area (Å²) >= 11 is 3.86. The predicted molar refractivity (Wildman–Crippen MR) is 78.0 cm³/mol. The van der Waals surface area contributed by atoms with E-state index in [4.69, 9.17) is 5.84 Å². The fraction of sp³-hybridized carbons (Fsp3) is 0.455. The van der Waals surface area contributed by atoms with Gasteiger partial charge in [-0.25, -0.2) is 0 Å². The lowest BCUT2D eigenvalue weighted by atomic mass is 10.3. The maximum Gasteiger partial charge on any atom is 0.269 e. The molecule has 0 aliphatic carbocycles. The number of thioether (sulfide) groups is 2. The van der Waals surface area contributed by atoms with Crippen LogP contribution in [0.25, 0.3) is 0 Å². The summed E-state index contributed by atoms with van der Waals surface area (Å²) in [6, 6.07) is 3.35. The van der Waals surface area contributed by atoms with Gasteiger partial charge in [-0.1, -0.05) is 0 Å². The molecule has 7 heteroatoms. The van der Waals surface area contributed by atoms with E-state index in [0.29, 0.717) is 23.2 Å². The molecule has 2 rings (SSSR count). The zero-order valence-corrected chi connectivity index (χ0v) is 11.5. The highest BCUT2D eigenvalue weighted by Crippen LogP contribution is 2.23. The third-order valence-corrected chi connectivity index (χ3v) is 5.38. The molecule has 4 N–H and O–H groups in total. The largest absolute Gasteiger partial charge is 0.350 e. The minimum Gasteiger partial charge on any atom is -0.350 e. The van der Waals surface area contributed by atoms with Crippen LogP contribution < -0.4 is 16.6 Å². The number of pyridine rings is 1. The van der Waals surface area contributed by atoms with Crippen LogP contribution in [0.3, 0.4) is 0 Å². The van der Waals surface area contributed by atoms with Crippen LogP contribution in [0, 0.1) is 0 Å². The Bertz CT molecular complexity index is 410. The van der Waals surface area contributed by atoms with Crippen molar-refractivity contribution in [3.05, 3.63) is 24.0 Å². The second-order valence-corrected chi connectivity index (χ2v) is 6.41. The van der Waals surface area contributed by atoms with E-state index >= 15 is 0 Å². The number of aromatic nitrogens is 1. The smallest absolute Gasteiger partial charge is 0.269 e. The fourth-order valence-corrected chi connectivity index (χ4v) is 4.21. The Balaban J connectivity index is 1.86. The second-order valence-electron chi connectivity index (χ2n) is 3.85. The van der Waals surface area contributed by atoms with Gasteiger partial charge < -0.3 is 10.7 Å². The van der Waals surface area contributed by atoms with E-state index in [1.54, 1.807) is 18.3 Å². The molecule has 1 unspecified atom stereocenters. The van der Waals surface area contributed by atoms with E-state index in [2.05, 4.69) is 15.7 Å². The third kappa shape index (κ3) is 3.79. The summed E-state index contributed by atoms with van der Waals surface area (Å²) in [5.74, 6) is 8.62. The number of hydrazine groups is 1. The SMILES string of the molecule is NNc1ccnc(C(=O)NCC2CSCCS2)c1. The Hall–Kier alpha value is -0.920. The van der Waals surface area contributed by atoms with Crippen LogP contribution in [0.15, 0.2) is 18.3 Å². The van der Waals surface area contributed by atoms with Crippen LogP contribution in [0.4, 0.5) is 5.69 Å². The second kappa shape index (κ2) is 6.86. The number of nitrogens with two attached hydrogens (primary N) is 1. The number of nitrogens with zero attached hydrogens (tertiary/aromatic N) is 1. The van der Waals surface area contributed by atoms with Crippen molar-refractivity contribution in [2.45, 2.75) is 5.25 Å². The van der Waals surface area contributed by atoms with E-state index in [1.165, 1.54) is 5.75 Å². The number of nitrogens with one attached hydrogen (secondary N) is 2. The van der Waals surface area contributed by atoms with Crippen molar-refractivity contribution in [3.63, 3.8) is 0 Å². The molecule has 0 radical (unpaired) electrons. The van der Waals surface area contributed by atoms with Gasteiger partial charge in [0.2, 0.25) is 0 Å². The van der Waals surface area contributed by atoms with Gasteiger partial charge >= 0.3 is 0 Å². The van der Waals surface area contributed by atoms with Gasteiger partial charge in [-0.3, -0.25) is 15.6 Å². The molecule has 0 spiro atoms. The molecular weight excluding hydrogens is 268 g/mol. The van der Waals surface area contributed by atoms with Gasteiger partial charge in [0.1, 0.15) is 5.69 Å². The lowest BCUT2D eigenvalue weighted by Gasteiger charge is -2.21. The van der Waals surface area contributed by atoms with Gasteiger partial charge in [0.25, 0.3) is 5.91 Å². The van der Waals surface area contributed by atoms with Gasteiger partial charge in [0.05, 0.1) is 5.69 Å². The van der Waals surface area contributed by atoms with Crippen molar-refractivity contribution in [2.75, 3.05) is 29.2 Å². The fourth-order valence-electron chi connectivity index (χ4n) is 1.60. The van der Waals surface area contributed by atoms with Crippen molar-refractivity contribution in [2.24, 2.45) is 5.84 Å². The van der Waals surface area contributed by atoms with Gasteiger partial charge in [0, 0.05) is 35.3 Å². The summed E-state index contributed by atoms with van der Waals surface area (Å²) in [5.41, 5.74) is 3.57. The van der Waals surface area contributed by atoms with Crippen molar-refractivity contribution < 1.29 is 4.79 Å². The number of carbonyl (C=O) groups excluding carboxylic acids is 1. The molecule has 1 fully saturated rings. The van der Waals surface area contributed by atoms with E-state index in [1.807, 2.05) is 23.5 Å². The molecule has 2 heterocycles. The Morgan fingerprint density at radius 1 is 1.56 bits per heavy atom. The summed E-state index contributed by atoms with van der Waals surface area (Å²) in [6.45, 7) is 0.693. The molecule has 1 saturated heterocycles. The summed E-state index contributed by atoms with van der Waals surface area (Å²) in [6.07, 6.45) is 1.56. The first-order chi connectivity index (χ1) is 8.79. The van der Waals surface area contributed by atoms with Crippen LogP contribution >= 0.6 is 23.5 Å². The van der Waals surface area contributed by atoms with Crippen molar-refractivity contribution >= 4 is 35.1 Å². The zero-order valence-electron chi connectivity index (χ0n) is 9.89. The van der Waals surface area contributed by atoms with Crippen LogP contribution in [0.1, 0.15) is 10.5 Å². The minimum absolute atomic E-state index is 0.150. The van der Waals surface area contributed by atoms with Gasteiger partial charge in [0.15, 0.2) is 0 Å². The summed E-state index contributed by atoms with van der Waals surface area (Å²) in [7, 11) is 0. The van der Waals surface area contributed by atoms with E-state index in [9.17, 15) is 4.79 Å². The molecule has 1 atom stereocenters. The van der Waals surface area contributed by atoms with Gasteiger partial charge in [-0.2, -0.15) is 23.5 Å². The lowest BCUT2D eigenvalue weighted by molar-refractivity contribution is 0.0949. The molecule has 1 aliphatic rings. The number of rotatable bonds is 4. The first-order valence-corrected chi connectivity index (χ1v) is 7.90. The predicted octanol–water partition coefficient (Wildman–Crippen LogP) is 0.946. The van der Waals surface area contributed by atoms with Crippen molar-refractivity contribution in [3.8, 4) is 0 Å². The van der Waals surface area contributed by atoms with Gasteiger partial charge in [-0.15, -0.1) is 0 Å². The highest BCUT2D eigenvalue weighted by atomic mass is 32.2. The average Bonchev–Trinajstić information content (AvgIpc) is 2.46. The minimum atomic E-state index is -0.150. The quantitative estimate of drug-likeness (QED) is 0.564. The van der Waals surface area contributed by atoms with Crippen LogP contribution in [-0.2, 0) is 0 Å². The van der Waals surface area contributed by atoms with Crippen LogP contribution in [0.2, 0.25) is 0 Å². The molecule has 1 aliphatic heterocycles. The monoisotopic (exact) mass is 284 g/mol. The molecule has 5 nitrogen and oxygen atoms in total. The first kappa shape index (κ1) is 13.5. The topological polar surface area (TPSA) is 80.0 Å². The number of anilines is 1. The normalized spacial score (nSPS) is 19.3. The maximum atomic E-state index is 11.9. The van der Waals surface area contributed by atoms with Crippen molar-refractivity contribution in [1.82, 2.24) is 10.3 Å². The van der Waals surface area contributed by atoms with Crippen LogP contribution in [-0.4, -0.2) is 39.9 Å². The van der Waals surface area contributed by atoms with Gasteiger partial charge in [-0.05, 0) is 12.1 Å². The summed E-state index contributed by atoms with van der Waals surface area (Å²) in [5, 5.41) is 3.42. The third-order valence-electron chi connectivity index (χ3n) is 2.53. The average molecular weight is 284 g/mol. The molecule has 1 amide bonds. The Kier molecular flexibility index (Phi) is 5.15. The highest BCUT2D eigenvalue weighted by Gasteiger charge is 2.16. The van der Waals surface area contributed by atoms with E-state index < -0.39 is 0 Å². The number of hydrogen-bond acceptors (Lipinski definition) is 6. The highest BCUT2D eigenvalue weighted by molar-refractivity contribution is 8.06. The number of carbonyl (C=O) groups is 1. The summed E-state index contributed by atoms with van der Waals surface area (Å²) in [4.78, 5) is 15.9. The Morgan fingerprint density at radius 3 is 3.17 bits per heavy atom. The summed E-state index contributed by atoms with van der Waals surface area (Å²) < 4.78 is 0. The van der Waals surface area contributed by atoms with Crippen LogP contribution in [0.5, 0.6) is 0 Å². The standard InChI is InChI=1S/C11H16N4OS2/c12-15-8-1-2-13-10(5-8)11(16)14-6-9-7-17-3-4-18-9/h1-2,5,9H,3-4,6-7,12H2,(H,13,15)(H,14,16). The van der Waals surface area contributed by atoms with E-state index in [0.717, 1.165) is 11.5 Å². The molecule has 98 valence electrons. The zero-order chi connectivity index (χ0) is 12.8. The molecule has 1 aromatic heterocycles. The molecule has 0 bridgehead atoms. The molecular formula is C11H16N4OS2. The molecule has 18 heavy (non-hydrogen) atoms. The Labute approximate surface area is 115 Å². The first-order valence-electron chi connectivity index (χ1n) is 5.70. The number of nitrogen functional groups attached to an aromatic ring is 1. The number of amides is 1. The molecule has 0 saturated carbocycles. The van der Waals surface area contributed by atoms with E-state index in [-0.39, 0.29) is 5.91 Å². The Morgan fingerprint density at radius 2 is 2.44 bits per heavy atom. The lowest BCUT2D eigenvalue weighted by Crippen LogP contribution is -2.33. The number of hydrogen-bond donors (Lipinski definition) is 3.